The third-order valence-electron chi connectivity index (χ3n) is 4.56. The molecule has 0 aliphatic heterocycles. The second-order valence-electron chi connectivity index (χ2n) is 6.14. The van der Waals surface area contributed by atoms with Gasteiger partial charge in [0.1, 0.15) is 5.82 Å². The summed E-state index contributed by atoms with van der Waals surface area (Å²) >= 11 is 0. The second kappa shape index (κ2) is 6.55. The summed E-state index contributed by atoms with van der Waals surface area (Å²) in [6, 6.07) is 12.3. The maximum Gasteiger partial charge on any atom is 0.340 e. The summed E-state index contributed by atoms with van der Waals surface area (Å²) < 4.78 is 20.2. The molecule has 0 radical (unpaired) electrons. The lowest BCUT2D eigenvalue weighted by molar-refractivity contribution is 0.0601. The van der Waals surface area contributed by atoms with Gasteiger partial charge in [-0.3, -0.25) is 0 Å². The van der Waals surface area contributed by atoms with Crippen LogP contribution in [0.15, 0.2) is 48.7 Å². The van der Waals surface area contributed by atoms with Crippen molar-refractivity contribution >= 4 is 5.97 Å². The molecule has 0 N–H and O–H groups in total. The SMILES string of the molecule is COC(=O)c1c(-c2ccc(F)cc2)cn(-c2ccc(C)c(C)c2)c1C. The van der Waals surface area contributed by atoms with Crippen LogP contribution in [0.5, 0.6) is 0 Å². The summed E-state index contributed by atoms with van der Waals surface area (Å²) in [7, 11) is 1.36. The molecule has 0 atom stereocenters. The standard InChI is InChI=1S/C21H20FNO2/c1-13-5-10-18(11-14(13)2)23-12-19(16-6-8-17(22)9-7-16)20(15(23)3)21(24)25-4/h5-12H,1-4H3. The first-order chi connectivity index (χ1) is 11.9. The molecule has 1 aromatic heterocycles. The van der Waals surface area contributed by atoms with E-state index < -0.39 is 5.97 Å². The number of rotatable bonds is 3. The van der Waals surface area contributed by atoms with Crippen LogP contribution in [0.3, 0.4) is 0 Å². The van der Waals surface area contributed by atoms with Crippen molar-refractivity contribution in [3.8, 4) is 16.8 Å². The number of nitrogens with zero attached hydrogens (tertiary/aromatic N) is 1. The molecule has 1 heterocycles. The van der Waals surface area contributed by atoms with Gasteiger partial charge in [0.05, 0.1) is 12.7 Å². The van der Waals surface area contributed by atoms with Crippen molar-refractivity contribution < 1.29 is 13.9 Å². The molecule has 0 spiro atoms. The Labute approximate surface area is 146 Å². The maximum absolute atomic E-state index is 13.3. The highest BCUT2D eigenvalue weighted by Crippen LogP contribution is 2.31. The van der Waals surface area contributed by atoms with Crippen molar-refractivity contribution in [2.24, 2.45) is 0 Å². The Hall–Kier alpha value is -2.88. The van der Waals surface area contributed by atoms with Gasteiger partial charge in [-0.1, -0.05) is 18.2 Å². The van der Waals surface area contributed by atoms with E-state index in [0.29, 0.717) is 5.56 Å². The van der Waals surface area contributed by atoms with E-state index in [4.69, 9.17) is 4.74 Å². The summed E-state index contributed by atoms with van der Waals surface area (Å²) in [6.45, 7) is 6.00. The molecule has 0 saturated carbocycles. The Balaban J connectivity index is 2.22. The number of carbonyl (C=O) groups excluding carboxylic acids is 1. The number of carbonyl (C=O) groups is 1. The molecule has 2 aromatic carbocycles. The molecule has 0 saturated heterocycles. The van der Waals surface area contributed by atoms with Crippen molar-refractivity contribution in [1.82, 2.24) is 4.57 Å². The lowest BCUT2D eigenvalue weighted by atomic mass is 10.0. The molecule has 128 valence electrons. The van der Waals surface area contributed by atoms with E-state index in [-0.39, 0.29) is 5.82 Å². The topological polar surface area (TPSA) is 31.2 Å². The zero-order chi connectivity index (χ0) is 18.1. The lowest BCUT2D eigenvalue weighted by Crippen LogP contribution is -2.05. The number of esters is 1. The minimum atomic E-state index is -0.403. The van der Waals surface area contributed by atoms with Crippen LogP contribution < -0.4 is 0 Å². The molecular formula is C21H20FNO2. The number of aryl methyl sites for hydroxylation is 2. The molecule has 0 aliphatic rings. The Morgan fingerprint density at radius 1 is 1.00 bits per heavy atom. The predicted molar refractivity (Wildman–Crippen MR) is 96.7 cm³/mol. The van der Waals surface area contributed by atoms with Crippen molar-refractivity contribution in [3.63, 3.8) is 0 Å². The van der Waals surface area contributed by atoms with Gasteiger partial charge in [0.2, 0.25) is 0 Å². The van der Waals surface area contributed by atoms with Crippen LogP contribution in [0, 0.1) is 26.6 Å². The minimum absolute atomic E-state index is 0.311. The lowest BCUT2D eigenvalue weighted by Gasteiger charge is -2.09. The highest BCUT2D eigenvalue weighted by molar-refractivity contribution is 5.99. The number of hydrogen-bond acceptors (Lipinski definition) is 2. The first-order valence-corrected chi connectivity index (χ1v) is 8.06. The van der Waals surface area contributed by atoms with Gasteiger partial charge < -0.3 is 9.30 Å². The Morgan fingerprint density at radius 2 is 1.68 bits per heavy atom. The quantitative estimate of drug-likeness (QED) is 0.630. The smallest absolute Gasteiger partial charge is 0.340 e. The maximum atomic E-state index is 13.3. The van der Waals surface area contributed by atoms with Gasteiger partial charge in [0.25, 0.3) is 0 Å². The minimum Gasteiger partial charge on any atom is -0.465 e. The van der Waals surface area contributed by atoms with Crippen LogP contribution in [0.4, 0.5) is 4.39 Å². The fraction of sp³-hybridized carbons (Fsp3) is 0.190. The first-order valence-electron chi connectivity index (χ1n) is 8.06. The van der Waals surface area contributed by atoms with Crippen molar-refractivity contribution in [2.45, 2.75) is 20.8 Å². The van der Waals surface area contributed by atoms with Gasteiger partial charge in [-0.15, -0.1) is 0 Å². The highest BCUT2D eigenvalue weighted by atomic mass is 19.1. The number of hydrogen-bond donors (Lipinski definition) is 0. The van der Waals surface area contributed by atoms with Crippen molar-refractivity contribution in [3.05, 3.63) is 76.9 Å². The Kier molecular flexibility index (Phi) is 4.45. The zero-order valence-electron chi connectivity index (χ0n) is 14.8. The summed E-state index contributed by atoms with van der Waals surface area (Å²) in [4.78, 5) is 12.4. The van der Waals surface area contributed by atoms with E-state index in [1.165, 1.54) is 30.4 Å². The molecule has 0 aliphatic carbocycles. The largest absolute Gasteiger partial charge is 0.465 e. The molecule has 3 rings (SSSR count). The van der Waals surface area contributed by atoms with Crippen LogP contribution in [-0.2, 0) is 4.74 Å². The van der Waals surface area contributed by atoms with E-state index in [0.717, 1.165) is 22.5 Å². The second-order valence-corrected chi connectivity index (χ2v) is 6.14. The molecule has 0 bridgehead atoms. The molecule has 0 fully saturated rings. The Bertz CT molecular complexity index is 939. The molecular weight excluding hydrogens is 317 g/mol. The fourth-order valence-electron chi connectivity index (χ4n) is 2.96. The van der Waals surface area contributed by atoms with Gasteiger partial charge in [-0.05, 0) is 61.7 Å². The molecule has 3 nitrogen and oxygen atoms in total. The molecule has 25 heavy (non-hydrogen) atoms. The first kappa shape index (κ1) is 17.0. The van der Waals surface area contributed by atoms with Crippen molar-refractivity contribution in [1.29, 1.82) is 0 Å². The summed E-state index contributed by atoms with van der Waals surface area (Å²) in [5.74, 6) is -0.715. The van der Waals surface area contributed by atoms with E-state index in [1.54, 1.807) is 12.1 Å². The Morgan fingerprint density at radius 3 is 2.28 bits per heavy atom. The van der Waals surface area contributed by atoms with E-state index in [1.807, 2.05) is 23.8 Å². The van der Waals surface area contributed by atoms with Crippen LogP contribution in [0.1, 0.15) is 27.2 Å². The highest BCUT2D eigenvalue weighted by Gasteiger charge is 2.22. The monoisotopic (exact) mass is 337 g/mol. The molecule has 0 amide bonds. The van der Waals surface area contributed by atoms with Crippen LogP contribution in [0.2, 0.25) is 0 Å². The van der Waals surface area contributed by atoms with Crippen molar-refractivity contribution in [2.75, 3.05) is 7.11 Å². The predicted octanol–water partition coefficient (Wildman–Crippen LogP) is 5.00. The normalized spacial score (nSPS) is 10.8. The average Bonchev–Trinajstić information content (AvgIpc) is 2.94. The van der Waals surface area contributed by atoms with Crippen LogP contribution >= 0.6 is 0 Å². The average molecular weight is 337 g/mol. The molecule has 0 unspecified atom stereocenters. The van der Waals surface area contributed by atoms with Gasteiger partial charge in [-0.25, -0.2) is 9.18 Å². The third-order valence-corrected chi connectivity index (χ3v) is 4.56. The fourth-order valence-corrected chi connectivity index (χ4v) is 2.96. The van der Waals surface area contributed by atoms with Gasteiger partial charge >= 0.3 is 5.97 Å². The van der Waals surface area contributed by atoms with E-state index in [2.05, 4.69) is 26.0 Å². The van der Waals surface area contributed by atoms with Gasteiger partial charge in [0, 0.05) is 23.1 Å². The van der Waals surface area contributed by atoms with Crippen LogP contribution in [0.25, 0.3) is 16.8 Å². The van der Waals surface area contributed by atoms with E-state index >= 15 is 0 Å². The summed E-state index contributed by atoms with van der Waals surface area (Å²) in [6.07, 6.45) is 1.90. The zero-order valence-corrected chi connectivity index (χ0v) is 14.8. The van der Waals surface area contributed by atoms with Gasteiger partial charge in [0.15, 0.2) is 0 Å². The third kappa shape index (κ3) is 3.07. The molecule has 3 aromatic rings. The number of methoxy groups -OCH3 is 1. The number of aromatic nitrogens is 1. The molecule has 4 heteroatoms. The number of ether oxygens (including phenoxy) is 1. The number of benzene rings is 2. The van der Waals surface area contributed by atoms with E-state index in [9.17, 15) is 9.18 Å². The van der Waals surface area contributed by atoms with Crippen LogP contribution in [-0.4, -0.2) is 17.6 Å². The number of halogens is 1. The summed E-state index contributed by atoms with van der Waals surface area (Å²) in [5.41, 5.74) is 6.13. The summed E-state index contributed by atoms with van der Waals surface area (Å²) in [5, 5.41) is 0. The van der Waals surface area contributed by atoms with Gasteiger partial charge in [-0.2, -0.15) is 0 Å².